The number of aromatic amines is 1. The van der Waals surface area contributed by atoms with Gasteiger partial charge in [0.2, 0.25) is 5.91 Å². The van der Waals surface area contributed by atoms with Crippen LogP contribution in [0.15, 0.2) is 29.1 Å². The number of hydrogen-bond acceptors (Lipinski definition) is 3. The number of aryl methyl sites for hydroxylation is 1. The van der Waals surface area contributed by atoms with Gasteiger partial charge in [-0.2, -0.15) is 0 Å². The second kappa shape index (κ2) is 6.64. The highest BCUT2D eigenvalue weighted by molar-refractivity contribution is 5.80. The van der Waals surface area contributed by atoms with Crippen molar-refractivity contribution in [3.63, 3.8) is 0 Å². The molecule has 1 amide bonds. The first-order chi connectivity index (χ1) is 12.1. The summed E-state index contributed by atoms with van der Waals surface area (Å²) in [5.74, 6) is 0.197. The molecule has 0 unspecified atom stereocenters. The molecule has 2 aliphatic heterocycles. The van der Waals surface area contributed by atoms with E-state index in [-0.39, 0.29) is 11.3 Å². The van der Waals surface area contributed by atoms with Crippen LogP contribution in [0.4, 0.5) is 0 Å². The third kappa shape index (κ3) is 2.97. The average Bonchev–Trinajstić information content (AvgIpc) is 2.87. The molecule has 3 heterocycles. The number of nitrogens with one attached hydrogen (secondary N) is 2. The number of carbonyl (C=O) groups is 1. The van der Waals surface area contributed by atoms with E-state index in [1.165, 1.54) is 0 Å². The predicted molar refractivity (Wildman–Crippen MR) is 98.8 cm³/mol. The molecule has 2 aromatic rings. The molecule has 1 aromatic carbocycles. The molecule has 0 aliphatic carbocycles. The lowest BCUT2D eigenvalue weighted by atomic mass is 10.0. The van der Waals surface area contributed by atoms with Gasteiger partial charge < -0.3 is 15.2 Å². The summed E-state index contributed by atoms with van der Waals surface area (Å²) in [6, 6.07) is 8.27. The summed E-state index contributed by atoms with van der Waals surface area (Å²) in [6.45, 7) is 3.82. The van der Waals surface area contributed by atoms with Crippen molar-refractivity contribution in [1.29, 1.82) is 0 Å². The van der Waals surface area contributed by atoms with Crippen molar-refractivity contribution in [3.8, 4) is 0 Å². The molecule has 4 rings (SSSR count). The van der Waals surface area contributed by atoms with E-state index in [1.54, 1.807) is 0 Å². The first-order valence-corrected chi connectivity index (χ1v) is 9.27. The number of carbonyl (C=O) groups excluding carboxylic acids is 1. The second-order valence-corrected chi connectivity index (χ2v) is 7.28. The van der Waals surface area contributed by atoms with Crippen molar-refractivity contribution < 1.29 is 4.79 Å². The van der Waals surface area contributed by atoms with E-state index in [4.69, 9.17) is 0 Å². The van der Waals surface area contributed by atoms with Crippen LogP contribution in [0.2, 0.25) is 0 Å². The quantitative estimate of drug-likeness (QED) is 0.900. The number of H-pyrrole nitrogens is 1. The molecule has 0 spiro atoms. The fraction of sp³-hybridized carbons (Fsp3) is 0.500. The first kappa shape index (κ1) is 16.3. The van der Waals surface area contributed by atoms with Crippen LogP contribution in [0.3, 0.4) is 0 Å². The molecule has 2 fully saturated rings. The molecule has 5 heteroatoms. The van der Waals surface area contributed by atoms with Gasteiger partial charge >= 0.3 is 0 Å². The van der Waals surface area contributed by atoms with Crippen molar-refractivity contribution in [2.24, 2.45) is 0 Å². The van der Waals surface area contributed by atoms with Gasteiger partial charge in [-0.1, -0.05) is 12.1 Å². The number of pyridine rings is 1. The molecule has 25 heavy (non-hydrogen) atoms. The maximum absolute atomic E-state index is 12.9. The van der Waals surface area contributed by atoms with Gasteiger partial charge in [0.15, 0.2) is 5.43 Å². The Hall–Kier alpha value is -2.14. The van der Waals surface area contributed by atoms with Crippen LogP contribution >= 0.6 is 0 Å². The number of hydrogen-bond donors (Lipinski definition) is 2. The van der Waals surface area contributed by atoms with E-state index in [9.17, 15) is 9.59 Å². The third-order valence-electron chi connectivity index (χ3n) is 5.75. The Kier molecular flexibility index (Phi) is 4.34. The van der Waals surface area contributed by atoms with E-state index in [0.29, 0.717) is 30.3 Å². The Morgan fingerprint density at radius 1 is 1.20 bits per heavy atom. The molecule has 2 atom stereocenters. The van der Waals surface area contributed by atoms with Crippen molar-refractivity contribution in [2.45, 2.75) is 51.1 Å². The maximum atomic E-state index is 12.9. The van der Waals surface area contributed by atoms with Crippen LogP contribution in [0.25, 0.3) is 10.9 Å². The predicted octanol–water partition coefficient (Wildman–Crippen LogP) is 2.12. The van der Waals surface area contributed by atoms with E-state index in [0.717, 1.165) is 49.1 Å². The SMILES string of the molecule is Cc1[nH]c2ccccc2c(=O)c1CCC(=O)N1[C@@H]2CCNC[C@H]1CC2. The molecule has 5 nitrogen and oxygen atoms in total. The van der Waals surface area contributed by atoms with Crippen LogP contribution in [0, 0.1) is 6.92 Å². The minimum Gasteiger partial charge on any atom is -0.358 e. The van der Waals surface area contributed by atoms with Gasteiger partial charge in [-0.25, -0.2) is 0 Å². The topological polar surface area (TPSA) is 65.2 Å². The van der Waals surface area contributed by atoms with Gasteiger partial charge in [0.25, 0.3) is 0 Å². The van der Waals surface area contributed by atoms with Crippen molar-refractivity contribution >= 4 is 16.8 Å². The Labute approximate surface area is 147 Å². The van der Waals surface area contributed by atoms with Gasteiger partial charge in [0.1, 0.15) is 0 Å². The molecule has 0 radical (unpaired) electrons. The van der Waals surface area contributed by atoms with Crippen LogP contribution in [-0.4, -0.2) is 41.0 Å². The number of amides is 1. The molecule has 2 bridgehead atoms. The van der Waals surface area contributed by atoms with Crippen LogP contribution in [0.5, 0.6) is 0 Å². The number of nitrogens with zero attached hydrogens (tertiary/aromatic N) is 1. The average molecular weight is 339 g/mol. The molecule has 2 aliphatic rings. The summed E-state index contributed by atoms with van der Waals surface area (Å²) in [5, 5.41) is 4.13. The first-order valence-electron chi connectivity index (χ1n) is 9.27. The molecule has 0 saturated carbocycles. The highest BCUT2D eigenvalue weighted by atomic mass is 16.2. The van der Waals surface area contributed by atoms with E-state index >= 15 is 0 Å². The summed E-state index contributed by atoms with van der Waals surface area (Å²) >= 11 is 0. The zero-order chi connectivity index (χ0) is 17.4. The molecule has 1 aromatic heterocycles. The zero-order valence-electron chi connectivity index (χ0n) is 14.7. The fourth-order valence-corrected chi connectivity index (χ4v) is 4.45. The van der Waals surface area contributed by atoms with Crippen LogP contribution in [0.1, 0.15) is 36.9 Å². The Balaban J connectivity index is 1.54. The largest absolute Gasteiger partial charge is 0.358 e. The highest BCUT2D eigenvalue weighted by Crippen LogP contribution is 2.28. The monoisotopic (exact) mass is 339 g/mol. The van der Waals surface area contributed by atoms with E-state index < -0.39 is 0 Å². The number of benzene rings is 1. The Morgan fingerprint density at radius 3 is 2.88 bits per heavy atom. The van der Waals surface area contributed by atoms with Gasteiger partial charge in [-0.15, -0.1) is 0 Å². The molecule has 2 N–H and O–H groups in total. The van der Waals surface area contributed by atoms with E-state index in [2.05, 4.69) is 15.2 Å². The standard InChI is InChI=1S/C20H25N3O2/c1-13-16(20(25)17-4-2-3-5-18(17)22-13)8-9-19(24)23-14-6-7-15(23)12-21-11-10-14/h2-5,14-15,21H,6-12H2,1H3,(H,22,25)/t14-,15+/m0/s1. The van der Waals surface area contributed by atoms with E-state index in [1.807, 2.05) is 31.2 Å². The van der Waals surface area contributed by atoms with Crippen molar-refractivity contribution in [1.82, 2.24) is 15.2 Å². The van der Waals surface area contributed by atoms with Gasteiger partial charge in [-0.3, -0.25) is 9.59 Å². The third-order valence-corrected chi connectivity index (χ3v) is 5.75. The number of fused-ring (bicyclic) bond motifs is 3. The summed E-state index contributed by atoms with van der Waals surface area (Å²) in [4.78, 5) is 31.0. The lowest BCUT2D eigenvalue weighted by Crippen LogP contribution is -2.42. The summed E-state index contributed by atoms with van der Waals surface area (Å²) in [6.07, 6.45) is 4.17. The lowest BCUT2D eigenvalue weighted by Gasteiger charge is -2.28. The van der Waals surface area contributed by atoms with Crippen molar-refractivity contribution in [3.05, 3.63) is 45.7 Å². The second-order valence-electron chi connectivity index (χ2n) is 7.28. The Morgan fingerprint density at radius 2 is 2.00 bits per heavy atom. The van der Waals surface area contributed by atoms with Crippen LogP contribution in [-0.2, 0) is 11.2 Å². The lowest BCUT2D eigenvalue weighted by molar-refractivity contribution is -0.133. The zero-order valence-corrected chi connectivity index (χ0v) is 14.7. The summed E-state index contributed by atoms with van der Waals surface area (Å²) < 4.78 is 0. The molecular weight excluding hydrogens is 314 g/mol. The summed E-state index contributed by atoms with van der Waals surface area (Å²) in [5.41, 5.74) is 2.53. The molecule has 2 saturated heterocycles. The van der Waals surface area contributed by atoms with Gasteiger partial charge in [-0.05, 0) is 51.3 Å². The fourth-order valence-electron chi connectivity index (χ4n) is 4.45. The highest BCUT2D eigenvalue weighted by Gasteiger charge is 2.37. The smallest absolute Gasteiger partial charge is 0.223 e. The van der Waals surface area contributed by atoms with Gasteiger partial charge in [0, 0.05) is 47.2 Å². The van der Waals surface area contributed by atoms with Gasteiger partial charge in [0.05, 0.1) is 0 Å². The maximum Gasteiger partial charge on any atom is 0.223 e. The number of rotatable bonds is 3. The minimum absolute atomic E-state index is 0.0557. The minimum atomic E-state index is 0.0557. The summed E-state index contributed by atoms with van der Waals surface area (Å²) in [7, 11) is 0. The number of aromatic nitrogens is 1. The number of para-hydroxylation sites is 1. The Bertz CT molecular complexity index is 844. The molecular formula is C20H25N3O2. The van der Waals surface area contributed by atoms with Crippen LogP contribution < -0.4 is 10.7 Å². The molecule has 132 valence electrons. The normalized spacial score (nSPS) is 23.0. The van der Waals surface area contributed by atoms with Crippen molar-refractivity contribution in [2.75, 3.05) is 13.1 Å².